The first-order valence-electron chi connectivity index (χ1n) is 12.1. The smallest absolute Gasteiger partial charge is 0.404 e. The van der Waals surface area contributed by atoms with Gasteiger partial charge in [-0.1, -0.05) is 74.8 Å². The Kier molecular flexibility index (Phi) is 9.45. The van der Waals surface area contributed by atoms with Crippen LogP contribution in [-0.4, -0.2) is 32.3 Å². The minimum atomic E-state index is -3.98. The number of benzene rings is 3. The van der Waals surface area contributed by atoms with Crippen LogP contribution in [0.15, 0.2) is 77.7 Å². The molecule has 0 aliphatic rings. The highest BCUT2D eigenvalue weighted by atomic mass is 35.5. The summed E-state index contributed by atoms with van der Waals surface area (Å²) >= 11 is 5.96. The summed E-state index contributed by atoms with van der Waals surface area (Å²) in [6.07, 6.45) is -0.619. The number of carbonyl (C=O) groups excluding carboxylic acids is 1. The van der Waals surface area contributed by atoms with Crippen molar-refractivity contribution >= 4 is 33.4 Å². The van der Waals surface area contributed by atoms with Crippen LogP contribution in [0.5, 0.6) is 5.75 Å². The number of nitrogens with zero attached hydrogens (tertiary/aromatic N) is 1. The number of rotatable bonds is 11. The third-order valence-corrected chi connectivity index (χ3v) is 8.07. The Balaban J connectivity index is 1.94. The summed E-state index contributed by atoms with van der Waals surface area (Å²) < 4.78 is 33.8. The lowest BCUT2D eigenvalue weighted by Crippen LogP contribution is -2.34. The van der Waals surface area contributed by atoms with Crippen molar-refractivity contribution in [3.05, 3.63) is 88.9 Å². The van der Waals surface area contributed by atoms with Crippen LogP contribution in [0.3, 0.4) is 0 Å². The van der Waals surface area contributed by atoms with Crippen LogP contribution in [0, 0.1) is 11.8 Å². The normalized spacial score (nSPS) is 13.2. The first kappa shape index (κ1) is 28.3. The molecule has 0 heterocycles. The van der Waals surface area contributed by atoms with E-state index in [9.17, 15) is 18.3 Å². The van der Waals surface area contributed by atoms with E-state index in [1.807, 2.05) is 51.1 Å². The van der Waals surface area contributed by atoms with Crippen molar-refractivity contribution in [1.82, 2.24) is 0 Å². The summed E-state index contributed by atoms with van der Waals surface area (Å²) in [6, 6.07) is 20.6. The molecule has 198 valence electrons. The molecule has 0 bridgehead atoms. The molecule has 3 aromatic carbocycles. The van der Waals surface area contributed by atoms with Crippen LogP contribution in [0.4, 0.5) is 10.5 Å². The van der Waals surface area contributed by atoms with E-state index in [1.54, 1.807) is 18.2 Å². The van der Waals surface area contributed by atoms with Crippen molar-refractivity contribution in [2.45, 2.75) is 44.6 Å². The van der Waals surface area contributed by atoms with Gasteiger partial charge in [0.1, 0.15) is 11.9 Å². The highest BCUT2D eigenvalue weighted by Gasteiger charge is 2.29. The molecule has 9 heteroatoms. The number of carbonyl (C=O) groups is 1. The van der Waals surface area contributed by atoms with E-state index in [1.165, 1.54) is 28.6 Å². The molecule has 0 aliphatic carbocycles. The molecule has 1 amide bonds. The maximum absolute atomic E-state index is 13.6. The van der Waals surface area contributed by atoms with Gasteiger partial charge in [-0.25, -0.2) is 13.2 Å². The van der Waals surface area contributed by atoms with Crippen molar-refractivity contribution < 1.29 is 23.1 Å². The monoisotopic (exact) mass is 544 g/mol. The van der Waals surface area contributed by atoms with Crippen LogP contribution in [0.25, 0.3) is 0 Å². The zero-order chi connectivity index (χ0) is 27.2. The highest BCUT2D eigenvalue weighted by Crippen LogP contribution is 2.37. The van der Waals surface area contributed by atoms with E-state index in [2.05, 4.69) is 0 Å². The molecule has 3 rings (SSSR count). The van der Waals surface area contributed by atoms with Crippen LogP contribution in [0.1, 0.15) is 31.9 Å². The number of para-hydroxylation sites is 1. The van der Waals surface area contributed by atoms with Gasteiger partial charge in [-0.05, 0) is 59.7 Å². The van der Waals surface area contributed by atoms with Crippen molar-refractivity contribution in [2.75, 3.05) is 10.8 Å². The van der Waals surface area contributed by atoms with Crippen LogP contribution >= 0.6 is 11.6 Å². The Hall–Kier alpha value is -3.23. The lowest BCUT2D eigenvalue weighted by Gasteiger charge is -2.28. The van der Waals surface area contributed by atoms with Crippen LogP contribution < -0.4 is 10.0 Å². The number of sulfonamides is 1. The fourth-order valence-corrected chi connectivity index (χ4v) is 5.93. The van der Waals surface area contributed by atoms with Gasteiger partial charge in [-0.2, -0.15) is 0 Å². The SMILES string of the molecule is CC(C)CN(c1cccc(C[C@@H](C)[C@H](Cc2ccccc2)OC(N)=O)c1O)S(=O)(=O)c1ccc(Cl)cc1. The zero-order valence-electron chi connectivity index (χ0n) is 21.2. The standard InChI is InChI=1S/C28H33ClN2O5S/c1-19(2)18-31(37(34,35)24-14-12-23(29)13-15-24)25-11-7-10-22(27(25)32)16-20(3)26(36-28(30)33)17-21-8-5-4-6-9-21/h4-15,19-20,26,32H,16-18H2,1-3H3,(H2,30,33)/t20-,26+/m1/s1. The number of phenols is 1. The number of anilines is 1. The van der Waals surface area contributed by atoms with E-state index in [4.69, 9.17) is 22.1 Å². The number of amides is 1. The Labute approximate surface area is 223 Å². The van der Waals surface area contributed by atoms with E-state index in [0.717, 1.165) is 5.56 Å². The number of aromatic hydroxyl groups is 1. The Morgan fingerprint density at radius 3 is 2.22 bits per heavy atom. The molecule has 0 fully saturated rings. The molecule has 0 aliphatic heterocycles. The molecule has 37 heavy (non-hydrogen) atoms. The van der Waals surface area contributed by atoms with Crippen molar-refractivity contribution in [3.63, 3.8) is 0 Å². The molecule has 7 nitrogen and oxygen atoms in total. The maximum atomic E-state index is 13.6. The van der Waals surface area contributed by atoms with Crippen molar-refractivity contribution in [3.8, 4) is 5.75 Å². The molecular formula is C28H33ClN2O5S. The first-order chi connectivity index (χ1) is 17.5. The molecule has 0 saturated carbocycles. The number of hydrogen-bond donors (Lipinski definition) is 2. The molecule has 3 aromatic rings. The molecule has 0 saturated heterocycles. The van der Waals surface area contributed by atoms with Gasteiger partial charge in [0.05, 0.1) is 10.6 Å². The third kappa shape index (κ3) is 7.40. The average molecular weight is 545 g/mol. The first-order valence-corrected chi connectivity index (χ1v) is 13.9. The lowest BCUT2D eigenvalue weighted by molar-refractivity contribution is 0.0734. The number of hydrogen-bond acceptors (Lipinski definition) is 5. The Morgan fingerprint density at radius 2 is 1.62 bits per heavy atom. The summed E-state index contributed by atoms with van der Waals surface area (Å²) in [4.78, 5) is 11.7. The average Bonchev–Trinajstić information content (AvgIpc) is 2.84. The second-order valence-corrected chi connectivity index (χ2v) is 11.8. The quantitative estimate of drug-likeness (QED) is 0.318. The summed E-state index contributed by atoms with van der Waals surface area (Å²) in [7, 11) is -3.98. The van der Waals surface area contributed by atoms with Gasteiger partial charge in [-0.3, -0.25) is 4.31 Å². The minimum Gasteiger partial charge on any atom is -0.505 e. The minimum absolute atomic E-state index is 0.0109. The Morgan fingerprint density at radius 1 is 0.973 bits per heavy atom. The van der Waals surface area contributed by atoms with Gasteiger partial charge < -0.3 is 15.6 Å². The topological polar surface area (TPSA) is 110 Å². The second kappa shape index (κ2) is 12.3. The van der Waals surface area contributed by atoms with Gasteiger partial charge in [0.15, 0.2) is 0 Å². The lowest BCUT2D eigenvalue weighted by atomic mass is 9.91. The van der Waals surface area contributed by atoms with Crippen molar-refractivity contribution in [1.29, 1.82) is 0 Å². The van der Waals surface area contributed by atoms with E-state index < -0.39 is 22.2 Å². The number of primary amides is 1. The van der Waals surface area contributed by atoms with Crippen LogP contribution in [0.2, 0.25) is 5.02 Å². The molecule has 3 N–H and O–H groups in total. The summed E-state index contributed by atoms with van der Waals surface area (Å²) in [6.45, 7) is 5.88. The number of halogens is 1. The second-order valence-electron chi connectivity index (χ2n) is 9.52. The number of nitrogens with two attached hydrogens (primary N) is 1. The molecular weight excluding hydrogens is 512 g/mol. The summed E-state index contributed by atoms with van der Waals surface area (Å²) in [5, 5.41) is 11.7. The van der Waals surface area contributed by atoms with E-state index in [-0.39, 0.29) is 34.7 Å². The third-order valence-electron chi connectivity index (χ3n) is 6.02. The predicted molar refractivity (Wildman–Crippen MR) is 146 cm³/mol. The summed E-state index contributed by atoms with van der Waals surface area (Å²) in [5.41, 5.74) is 7.04. The molecule has 0 aromatic heterocycles. The van der Waals surface area contributed by atoms with Crippen LogP contribution in [-0.2, 0) is 27.6 Å². The van der Waals surface area contributed by atoms with Gasteiger partial charge >= 0.3 is 6.09 Å². The van der Waals surface area contributed by atoms with E-state index in [0.29, 0.717) is 23.4 Å². The maximum Gasteiger partial charge on any atom is 0.404 e. The molecule has 0 radical (unpaired) electrons. The summed E-state index contributed by atoms with van der Waals surface area (Å²) in [5.74, 6) is -0.367. The fraction of sp³-hybridized carbons (Fsp3) is 0.321. The Bertz CT molecular complexity index is 1300. The van der Waals surface area contributed by atoms with Gasteiger partial charge in [-0.15, -0.1) is 0 Å². The zero-order valence-corrected chi connectivity index (χ0v) is 22.7. The largest absolute Gasteiger partial charge is 0.505 e. The van der Waals surface area contributed by atoms with E-state index >= 15 is 0 Å². The fourth-order valence-electron chi connectivity index (χ4n) is 4.17. The molecule has 2 atom stereocenters. The van der Waals surface area contributed by atoms with Gasteiger partial charge in [0.25, 0.3) is 10.0 Å². The predicted octanol–water partition coefficient (Wildman–Crippen LogP) is 5.78. The number of ether oxygens (including phenoxy) is 1. The van der Waals surface area contributed by atoms with Gasteiger partial charge in [0.2, 0.25) is 0 Å². The van der Waals surface area contributed by atoms with Crippen molar-refractivity contribution in [2.24, 2.45) is 17.6 Å². The number of phenolic OH excluding ortho intramolecular Hbond substituents is 1. The van der Waals surface area contributed by atoms with Gasteiger partial charge in [0, 0.05) is 18.0 Å². The molecule has 0 unspecified atom stereocenters. The highest BCUT2D eigenvalue weighted by molar-refractivity contribution is 7.92. The molecule has 0 spiro atoms.